The number of rotatable bonds is 4. The molecule has 3 rings (SSSR count). The zero-order valence-electron chi connectivity index (χ0n) is 11.6. The maximum absolute atomic E-state index is 5.76. The van der Waals surface area contributed by atoms with Crippen molar-refractivity contribution in [2.75, 3.05) is 7.11 Å². The SMILES string of the molecule is COc1ccccc1OCc1cc2cc(C)ccc2o1. The zero-order chi connectivity index (χ0) is 13.9. The van der Waals surface area contributed by atoms with E-state index >= 15 is 0 Å². The summed E-state index contributed by atoms with van der Waals surface area (Å²) in [6.45, 7) is 2.45. The lowest BCUT2D eigenvalue weighted by Crippen LogP contribution is -1.96. The second kappa shape index (κ2) is 5.29. The summed E-state index contributed by atoms with van der Waals surface area (Å²) in [4.78, 5) is 0. The summed E-state index contributed by atoms with van der Waals surface area (Å²) >= 11 is 0. The lowest BCUT2D eigenvalue weighted by Gasteiger charge is -2.08. The molecule has 0 fully saturated rings. The molecule has 1 aromatic heterocycles. The summed E-state index contributed by atoms with van der Waals surface area (Å²) in [6, 6.07) is 15.7. The molecule has 0 aliphatic carbocycles. The molecule has 2 aromatic carbocycles. The number of hydrogen-bond acceptors (Lipinski definition) is 3. The highest BCUT2D eigenvalue weighted by Gasteiger charge is 2.07. The van der Waals surface area contributed by atoms with Gasteiger partial charge in [-0.25, -0.2) is 0 Å². The predicted molar refractivity (Wildman–Crippen MR) is 78.3 cm³/mol. The molecule has 0 radical (unpaired) electrons. The first-order valence-corrected chi connectivity index (χ1v) is 6.51. The van der Waals surface area contributed by atoms with Crippen molar-refractivity contribution in [1.29, 1.82) is 0 Å². The number of para-hydroxylation sites is 2. The van der Waals surface area contributed by atoms with Crippen molar-refractivity contribution in [3.8, 4) is 11.5 Å². The lowest BCUT2D eigenvalue weighted by molar-refractivity contribution is 0.259. The Labute approximate surface area is 117 Å². The minimum atomic E-state index is 0.383. The second-order valence-electron chi connectivity index (χ2n) is 4.69. The Hall–Kier alpha value is -2.42. The summed E-state index contributed by atoms with van der Waals surface area (Å²) in [5.41, 5.74) is 2.10. The molecule has 3 nitrogen and oxygen atoms in total. The molecular weight excluding hydrogens is 252 g/mol. The second-order valence-corrected chi connectivity index (χ2v) is 4.69. The Morgan fingerprint density at radius 1 is 1.00 bits per heavy atom. The fourth-order valence-electron chi connectivity index (χ4n) is 2.18. The normalized spacial score (nSPS) is 10.7. The molecule has 0 aliphatic rings. The number of fused-ring (bicyclic) bond motifs is 1. The van der Waals surface area contributed by atoms with Crippen molar-refractivity contribution in [1.82, 2.24) is 0 Å². The Kier molecular flexibility index (Phi) is 3.33. The van der Waals surface area contributed by atoms with E-state index in [0.29, 0.717) is 12.4 Å². The van der Waals surface area contributed by atoms with Gasteiger partial charge in [-0.3, -0.25) is 0 Å². The highest BCUT2D eigenvalue weighted by Crippen LogP contribution is 2.27. The van der Waals surface area contributed by atoms with Gasteiger partial charge in [-0.2, -0.15) is 0 Å². The number of hydrogen-bond donors (Lipinski definition) is 0. The average molecular weight is 268 g/mol. The molecule has 0 saturated heterocycles. The molecule has 0 spiro atoms. The molecule has 0 aliphatic heterocycles. The van der Waals surface area contributed by atoms with E-state index in [1.165, 1.54) is 5.56 Å². The van der Waals surface area contributed by atoms with Crippen molar-refractivity contribution >= 4 is 11.0 Å². The molecule has 0 N–H and O–H groups in total. The third-order valence-corrected chi connectivity index (χ3v) is 3.16. The largest absolute Gasteiger partial charge is 0.493 e. The Bertz CT molecular complexity index is 728. The summed E-state index contributed by atoms with van der Waals surface area (Å²) in [5.74, 6) is 2.24. The van der Waals surface area contributed by atoms with Crippen molar-refractivity contribution < 1.29 is 13.9 Å². The summed E-state index contributed by atoms with van der Waals surface area (Å²) in [6.07, 6.45) is 0. The van der Waals surface area contributed by atoms with E-state index in [0.717, 1.165) is 22.5 Å². The molecule has 0 amide bonds. The van der Waals surface area contributed by atoms with Gasteiger partial charge in [-0.05, 0) is 37.3 Å². The van der Waals surface area contributed by atoms with Gasteiger partial charge in [0.1, 0.15) is 18.0 Å². The van der Waals surface area contributed by atoms with Crippen LogP contribution in [0.5, 0.6) is 11.5 Å². The number of methoxy groups -OCH3 is 1. The average Bonchev–Trinajstić information content (AvgIpc) is 2.87. The van der Waals surface area contributed by atoms with Gasteiger partial charge in [0.15, 0.2) is 11.5 Å². The maximum Gasteiger partial charge on any atom is 0.161 e. The van der Waals surface area contributed by atoms with Crippen LogP contribution >= 0.6 is 0 Å². The van der Waals surface area contributed by atoms with Gasteiger partial charge in [-0.1, -0.05) is 23.8 Å². The van der Waals surface area contributed by atoms with Crippen molar-refractivity contribution in [3.63, 3.8) is 0 Å². The molecule has 20 heavy (non-hydrogen) atoms. The fraction of sp³-hybridized carbons (Fsp3) is 0.176. The van der Waals surface area contributed by atoms with Gasteiger partial charge in [0.05, 0.1) is 7.11 Å². The van der Waals surface area contributed by atoms with E-state index < -0.39 is 0 Å². The highest BCUT2D eigenvalue weighted by molar-refractivity contribution is 5.78. The van der Waals surface area contributed by atoms with Crippen LogP contribution in [0, 0.1) is 6.92 Å². The third-order valence-electron chi connectivity index (χ3n) is 3.16. The minimum Gasteiger partial charge on any atom is -0.493 e. The van der Waals surface area contributed by atoms with E-state index in [4.69, 9.17) is 13.9 Å². The highest BCUT2D eigenvalue weighted by atomic mass is 16.5. The van der Waals surface area contributed by atoms with Crippen LogP contribution in [0.4, 0.5) is 0 Å². The van der Waals surface area contributed by atoms with E-state index in [2.05, 4.69) is 13.0 Å². The molecule has 1 heterocycles. The molecule has 0 unspecified atom stereocenters. The van der Waals surface area contributed by atoms with Gasteiger partial charge in [0.25, 0.3) is 0 Å². The Balaban J connectivity index is 1.79. The molecule has 0 saturated carbocycles. The first-order chi connectivity index (χ1) is 9.76. The number of aryl methyl sites for hydroxylation is 1. The van der Waals surface area contributed by atoms with Crippen LogP contribution in [-0.2, 0) is 6.61 Å². The van der Waals surface area contributed by atoms with E-state index in [1.54, 1.807) is 7.11 Å². The van der Waals surface area contributed by atoms with E-state index in [1.807, 2.05) is 42.5 Å². The quantitative estimate of drug-likeness (QED) is 0.705. The number of benzene rings is 2. The van der Waals surface area contributed by atoms with Crippen LogP contribution in [-0.4, -0.2) is 7.11 Å². The molecule has 3 heteroatoms. The van der Waals surface area contributed by atoms with Gasteiger partial charge < -0.3 is 13.9 Å². The van der Waals surface area contributed by atoms with Crippen molar-refractivity contribution in [3.05, 3.63) is 59.9 Å². The van der Waals surface area contributed by atoms with Gasteiger partial charge >= 0.3 is 0 Å². The minimum absolute atomic E-state index is 0.383. The first kappa shape index (κ1) is 12.6. The van der Waals surface area contributed by atoms with Gasteiger partial charge in [0.2, 0.25) is 0 Å². The van der Waals surface area contributed by atoms with Crippen LogP contribution in [0.1, 0.15) is 11.3 Å². The maximum atomic E-state index is 5.76. The summed E-state index contributed by atoms with van der Waals surface area (Å²) in [7, 11) is 1.63. The van der Waals surface area contributed by atoms with Crippen LogP contribution in [0.15, 0.2) is 52.9 Å². The topological polar surface area (TPSA) is 31.6 Å². The Morgan fingerprint density at radius 3 is 2.60 bits per heavy atom. The zero-order valence-corrected chi connectivity index (χ0v) is 11.6. The number of ether oxygens (including phenoxy) is 2. The monoisotopic (exact) mass is 268 g/mol. The van der Waals surface area contributed by atoms with Crippen LogP contribution < -0.4 is 9.47 Å². The Morgan fingerprint density at radius 2 is 1.80 bits per heavy atom. The molecule has 0 bridgehead atoms. The molecule has 0 atom stereocenters. The first-order valence-electron chi connectivity index (χ1n) is 6.51. The van der Waals surface area contributed by atoms with Gasteiger partial charge in [-0.15, -0.1) is 0 Å². The van der Waals surface area contributed by atoms with E-state index in [-0.39, 0.29) is 0 Å². The molecular formula is C17H16O3. The lowest BCUT2D eigenvalue weighted by atomic mass is 10.2. The van der Waals surface area contributed by atoms with Crippen LogP contribution in [0.2, 0.25) is 0 Å². The summed E-state index contributed by atoms with van der Waals surface area (Å²) < 4.78 is 16.8. The fourth-order valence-corrected chi connectivity index (χ4v) is 2.18. The predicted octanol–water partition coefficient (Wildman–Crippen LogP) is 4.33. The molecule has 3 aromatic rings. The van der Waals surface area contributed by atoms with Crippen molar-refractivity contribution in [2.24, 2.45) is 0 Å². The van der Waals surface area contributed by atoms with Crippen LogP contribution in [0.3, 0.4) is 0 Å². The smallest absolute Gasteiger partial charge is 0.161 e. The number of furan rings is 1. The van der Waals surface area contributed by atoms with Gasteiger partial charge in [0, 0.05) is 5.39 Å². The summed E-state index contributed by atoms with van der Waals surface area (Å²) in [5, 5.41) is 1.10. The molecule has 102 valence electrons. The third kappa shape index (κ3) is 2.48. The standard InChI is InChI=1S/C17H16O3/c1-12-7-8-15-13(9-12)10-14(20-15)11-19-17-6-4-3-5-16(17)18-2/h3-10H,11H2,1-2H3. The van der Waals surface area contributed by atoms with Crippen LogP contribution in [0.25, 0.3) is 11.0 Å². The van der Waals surface area contributed by atoms with E-state index in [9.17, 15) is 0 Å². The van der Waals surface area contributed by atoms with Crippen molar-refractivity contribution in [2.45, 2.75) is 13.5 Å².